The smallest absolute Gasteiger partial charge is 0.263 e. The van der Waals surface area contributed by atoms with Crippen LogP contribution in [0.5, 0.6) is 0 Å². The van der Waals surface area contributed by atoms with E-state index in [-0.39, 0.29) is 10.7 Å². The van der Waals surface area contributed by atoms with Gasteiger partial charge in [0.05, 0.1) is 4.90 Å². The van der Waals surface area contributed by atoms with Crippen molar-refractivity contribution in [3.05, 3.63) is 53.7 Å². The lowest BCUT2D eigenvalue weighted by atomic mass is 10.3. The summed E-state index contributed by atoms with van der Waals surface area (Å²) in [4.78, 5) is 3.51. The van der Waals surface area contributed by atoms with Crippen molar-refractivity contribution in [1.82, 2.24) is 4.98 Å². The van der Waals surface area contributed by atoms with Crippen LogP contribution in [0.15, 0.2) is 41.4 Å². The van der Waals surface area contributed by atoms with Gasteiger partial charge in [0.15, 0.2) is 11.6 Å². The third-order valence-electron chi connectivity index (χ3n) is 2.44. The molecule has 19 heavy (non-hydrogen) atoms. The molecule has 1 aromatic heterocycles. The number of anilines is 1. The Bertz CT molecular complexity index is 717. The summed E-state index contributed by atoms with van der Waals surface area (Å²) in [5.74, 6) is -2.18. The van der Waals surface area contributed by atoms with Crippen LogP contribution in [0.25, 0.3) is 0 Å². The van der Waals surface area contributed by atoms with Crippen LogP contribution in [-0.4, -0.2) is 13.4 Å². The molecule has 1 N–H and O–H groups in total. The second kappa shape index (κ2) is 4.93. The van der Waals surface area contributed by atoms with Gasteiger partial charge in [0.1, 0.15) is 5.82 Å². The van der Waals surface area contributed by atoms with Gasteiger partial charge in [0, 0.05) is 6.20 Å². The zero-order valence-corrected chi connectivity index (χ0v) is 10.7. The monoisotopic (exact) mass is 284 g/mol. The van der Waals surface area contributed by atoms with E-state index in [1.807, 2.05) is 0 Å². The summed E-state index contributed by atoms with van der Waals surface area (Å²) in [5, 5.41) is 0. The first-order valence-corrected chi connectivity index (χ1v) is 6.78. The topological polar surface area (TPSA) is 59.1 Å². The summed E-state index contributed by atoms with van der Waals surface area (Å²) >= 11 is 0. The lowest BCUT2D eigenvalue weighted by molar-refractivity contribution is 0.504. The van der Waals surface area contributed by atoms with E-state index in [1.54, 1.807) is 19.1 Å². The fraction of sp³-hybridized carbons (Fsp3) is 0.0833. The maximum atomic E-state index is 13.0. The van der Waals surface area contributed by atoms with Crippen LogP contribution in [0.3, 0.4) is 0 Å². The van der Waals surface area contributed by atoms with Gasteiger partial charge >= 0.3 is 0 Å². The van der Waals surface area contributed by atoms with Gasteiger partial charge in [-0.05, 0) is 36.8 Å². The molecule has 0 unspecified atom stereocenters. The molecule has 100 valence electrons. The molecule has 0 bridgehead atoms. The van der Waals surface area contributed by atoms with Crippen molar-refractivity contribution in [3.63, 3.8) is 0 Å². The molecule has 4 nitrogen and oxygen atoms in total. The van der Waals surface area contributed by atoms with Gasteiger partial charge in [-0.15, -0.1) is 0 Å². The van der Waals surface area contributed by atoms with Crippen molar-refractivity contribution in [2.45, 2.75) is 11.8 Å². The van der Waals surface area contributed by atoms with Gasteiger partial charge in [-0.2, -0.15) is 0 Å². The first-order valence-electron chi connectivity index (χ1n) is 5.29. The van der Waals surface area contributed by atoms with Gasteiger partial charge in [0.2, 0.25) is 0 Å². The molecule has 0 aliphatic rings. The Morgan fingerprint density at radius 1 is 1.16 bits per heavy atom. The normalized spacial score (nSPS) is 11.3. The molecule has 0 fully saturated rings. The molecule has 0 saturated heterocycles. The van der Waals surface area contributed by atoms with Crippen molar-refractivity contribution >= 4 is 15.8 Å². The van der Waals surface area contributed by atoms with E-state index in [1.165, 1.54) is 6.20 Å². The summed E-state index contributed by atoms with van der Waals surface area (Å²) in [5.41, 5.74) is 0.619. The van der Waals surface area contributed by atoms with Crippen molar-refractivity contribution < 1.29 is 17.2 Å². The minimum Gasteiger partial charge on any atom is -0.263 e. The summed E-state index contributed by atoms with van der Waals surface area (Å²) in [6.45, 7) is 1.68. The van der Waals surface area contributed by atoms with Crippen molar-refractivity contribution in [1.29, 1.82) is 0 Å². The third kappa shape index (κ3) is 2.87. The number of nitrogens with one attached hydrogen (secondary N) is 1. The Morgan fingerprint density at radius 3 is 2.53 bits per heavy atom. The highest BCUT2D eigenvalue weighted by atomic mass is 32.2. The average Bonchev–Trinajstić information content (AvgIpc) is 2.35. The van der Waals surface area contributed by atoms with Gasteiger partial charge in [-0.25, -0.2) is 22.2 Å². The Kier molecular flexibility index (Phi) is 3.48. The molecule has 1 aromatic carbocycles. The van der Waals surface area contributed by atoms with Crippen LogP contribution in [-0.2, 0) is 10.0 Å². The number of hydrogen-bond donors (Lipinski definition) is 1. The predicted molar refractivity (Wildman–Crippen MR) is 66.1 cm³/mol. The van der Waals surface area contributed by atoms with E-state index in [0.717, 1.165) is 12.1 Å². The van der Waals surface area contributed by atoms with E-state index in [9.17, 15) is 17.2 Å². The van der Waals surface area contributed by atoms with E-state index >= 15 is 0 Å². The molecule has 0 radical (unpaired) electrons. The maximum Gasteiger partial charge on any atom is 0.263 e. The van der Waals surface area contributed by atoms with E-state index in [4.69, 9.17) is 0 Å². The zero-order chi connectivity index (χ0) is 14.0. The minimum atomic E-state index is -3.99. The quantitative estimate of drug-likeness (QED) is 0.942. The number of aryl methyl sites for hydroxylation is 1. The largest absolute Gasteiger partial charge is 0.263 e. The molecule has 0 amide bonds. The standard InChI is InChI=1S/C12H10F2N2O2S/c1-8-3-2-6-15-12(8)16-19(17,18)9-4-5-10(13)11(14)7-9/h2-7H,1H3,(H,15,16). The zero-order valence-electron chi connectivity index (χ0n) is 9.89. The minimum absolute atomic E-state index is 0.146. The van der Waals surface area contributed by atoms with Crippen LogP contribution in [0.1, 0.15) is 5.56 Å². The Hall–Kier alpha value is -2.02. The third-order valence-corrected chi connectivity index (χ3v) is 3.78. The molecule has 0 spiro atoms. The fourth-order valence-electron chi connectivity index (χ4n) is 1.42. The summed E-state index contributed by atoms with van der Waals surface area (Å²) < 4.78 is 52.0. The van der Waals surface area contributed by atoms with Crippen molar-refractivity contribution in [3.8, 4) is 0 Å². The van der Waals surface area contributed by atoms with Crippen molar-refractivity contribution in [2.75, 3.05) is 4.72 Å². The molecule has 1 heterocycles. The van der Waals surface area contributed by atoms with E-state index < -0.39 is 21.7 Å². The molecule has 2 aromatic rings. The van der Waals surface area contributed by atoms with Crippen LogP contribution in [0.2, 0.25) is 0 Å². The Balaban J connectivity index is 2.38. The van der Waals surface area contributed by atoms with Gasteiger partial charge in [0.25, 0.3) is 10.0 Å². The van der Waals surface area contributed by atoms with Crippen LogP contribution >= 0.6 is 0 Å². The summed E-state index contributed by atoms with van der Waals surface area (Å²) in [6, 6.07) is 5.70. The van der Waals surface area contributed by atoms with Gasteiger partial charge in [-0.3, -0.25) is 4.72 Å². The molecule has 7 heteroatoms. The van der Waals surface area contributed by atoms with Gasteiger partial charge in [-0.1, -0.05) is 6.07 Å². The lowest BCUT2D eigenvalue weighted by Crippen LogP contribution is -2.15. The first kappa shape index (κ1) is 13.4. The highest BCUT2D eigenvalue weighted by Crippen LogP contribution is 2.18. The Morgan fingerprint density at radius 2 is 1.89 bits per heavy atom. The second-order valence-corrected chi connectivity index (χ2v) is 5.53. The average molecular weight is 284 g/mol. The van der Waals surface area contributed by atoms with Crippen LogP contribution in [0.4, 0.5) is 14.6 Å². The van der Waals surface area contributed by atoms with Crippen molar-refractivity contribution in [2.24, 2.45) is 0 Å². The molecule has 2 rings (SSSR count). The SMILES string of the molecule is Cc1cccnc1NS(=O)(=O)c1ccc(F)c(F)c1. The number of rotatable bonds is 3. The fourth-order valence-corrected chi connectivity index (χ4v) is 2.51. The number of sulfonamides is 1. The van der Waals surface area contributed by atoms with E-state index in [0.29, 0.717) is 11.6 Å². The summed E-state index contributed by atoms with van der Waals surface area (Å²) in [7, 11) is -3.99. The molecule has 0 aliphatic carbocycles. The van der Waals surface area contributed by atoms with Crippen LogP contribution in [0, 0.1) is 18.6 Å². The number of aromatic nitrogens is 1. The number of halogens is 2. The molecular formula is C12H10F2N2O2S. The number of benzene rings is 1. The number of nitrogens with zero attached hydrogens (tertiary/aromatic N) is 1. The predicted octanol–water partition coefficient (Wildman–Crippen LogP) is 2.47. The van der Waals surface area contributed by atoms with E-state index in [2.05, 4.69) is 9.71 Å². The lowest BCUT2D eigenvalue weighted by Gasteiger charge is -2.09. The van der Waals surface area contributed by atoms with Gasteiger partial charge < -0.3 is 0 Å². The first-order chi connectivity index (χ1) is 8.90. The van der Waals surface area contributed by atoms with Crippen LogP contribution < -0.4 is 4.72 Å². The molecule has 0 saturated carbocycles. The highest BCUT2D eigenvalue weighted by Gasteiger charge is 2.17. The second-order valence-electron chi connectivity index (χ2n) is 3.85. The highest BCUT2D eigenvalue weighted by molar-refractivity contribution is 7.92. The summed E-state index contributed by atoms with van der Waals surface area (Å²) in [6.07, 6.45) is 1.43. The Labute approximate surface area is 109 Å². The maximum absolute atomic E-state index is 13.0. The molecule has 0 atom stereocenters. The number of hydrogen-bond acceptors (Lipinski definition) is 3. The number of pyridine rings is 1. The molecule has 0 aliphatic heterocycles. The molecular weight excluding hydrogens is 274 g/mol.